The summed E-state index contributed by atoms with van der Waals surface area (Å²) in [6.45, 7) is 1.79. The van der Waals surface area contributed by atoms with Crippen molar-refractivity contribution in [1.82, 2.24) is 0 Å². The summed E-state index contributed by atoms with van der Waals surface area (Å²) in [5.41, 5.74) is 2.17. The summed E-state index contributed by atoms with van der Waals surface area (Å²) in [7, 11) is 0. The number of carboxylic acid groups (broad SMARTS) is 1. The van der Waals surface area contributed by atoms with Crippen LogP contribution < -0.4 is 4.31 Å². The smallest absolute Gasteiger partial charge is 0.348 e. The molecule has 0 saturated heterocycles. The van der Waals surface area contributed by atoms with E-state index >= 15 is 0 Å². The standard InChI is InChI=1S/C18H14ClNO4S2/c1-11-4-2-3-5-14(11)20(26(23)24)15-10-16(25-17(15)18(21)22)12-6-8-13(19)9-7-12/h2-10H,1H3,(H,21,22)(H,23,24). The minimum absolute atomic E-state index is 0.0133. The van der Waals surface area contributed by atoms with Crippen molar-refractivity contribution in [3.8, 4) is 10.4 Å². The lowest BCUT2D eigenvalue weighted by Crippen LogP contribution is -2.21. The van der Waals surface area contributed by atoms with Gasteiger partial charge in [0.2, 0.25) is 0 Å². The van der Waals surface area contributed by atoms with Gasteiger partial charge in [-0.1, -0.05) is 41.9 Å². The minimum Gasteiger partial charge on any atom is -0.477 e. The van der Waals surface area contributed by atoms with Crippen LogP contribution in [0.3, 0.4) is 0 Å². The highest BCUT2D eigenvalue weighted by Crippen LogP contribution is 2.41. The van der Waals surface area contributed by atoms with Crippen LogP contribution in [0.1, 0.15) is 15.2 Å². The molecule has 2 N–H and O–H groups in total. The van der Waals surface area contributed by atoms with Crippen molar-refractivity contribution in [2.75, 3.05) is 4.31 Å². The second kappa shape index (κ2) is 7.59. The minimum atomic E-state index is -2.43. The maximum Gasteiger partial charge on any atom is 0.348 e. The number of hydrogen-bond donors (Lipinski definition) is 2. The monoisotopic (exact) mass is 407 g/mol. The van der Waals surface area contributed by atoms with Gasteiger partial charge in [0.15, 0.2) is 0 Å². The number of carboxylic acids is 1. The lowest BCUT2D eigenvalue weighted by molar-refractivity contribution is 0.0703. The largest absolute Gasteiger partial charge is 0.477 e. The van der Waals surface area contributed by atoms with Gasteiger partial charge in [-0.3, -0.25) is 4.55 Å². The van der Waals surface area contributed by atoms with Crippen molar-refractivity contribution in [2.45, 2.75) is 6.92 Å². The van der Waals surface area contributed by atoms with Gasteiger partial charge in [-0.25, -0.2) is 13.3 Å². The summed E-state index contributed by atoms with van der Waals surface area (Å²) in [5, 5.41) is 10.2. The molecule has 1 aromatic heterocycles. The highest BCUT2D eigenvalue weighted by molar-refractivity contribution is 7.81. The summed E-state index contributed by atoms with van der Waals surface area (Å²) >= 11 is 4.51. The van der Waals surface area contributed by atoms with Gasteiger partial charge in [0.05, 0.1) is 11.4 Å². The van der Waals surface area contributed by atoms with Gasteiger partial charge in [0, 0.05) is 9.90 Å². The van der Waals surface area contributed by atoms with E-state index in [1.165, 1.54) is 0 Å². The SMILES string of the molecule is Cc1ccccc1N(c1cc(-c2ccc(Cl)cc2)sc1C(=O)O)S(=O)O. The van der Waals surface area contributed by atoms with E-state index in [9.17, 15) is 18.7 Å². The third-order valence-electron chi connectivity index (χ3n) is 3.74. The van der Waals surface area contributed by atoms with E-state index in [0.29, 0.717) is 15.6 Å². The molecule has 2 aromatic carbocycles. The molecule has 0 radical (unpaired) electrons. The Hall–Kier alpha value is -2.19. The van der Waals surface area contributed by atoms with Crippen molar-refractivity contribution < 1.29 is 18.7 Å². The molecule has 0 aliphatic heterocycles. The third-order valence-corrected chi connectivity index (χ3v) is 5.86. The van der Waals surface area contributed by atoms with E-state index in [1.54, 1.807) is 55.5 Å². The molecule has 0 aliphatic rings. The predicted molar refractivity (Wildman–Crippen MR) is 106 cm³/mol. The summed E-state index contributed by atoms with van der Waals surface area (Å²) < 4.78 is 23.0. The fourth-order valence-corrected chi connectivity index (χ4v) is 4.39. The number of thiophene rings is 1. The highest BCUT2D eigenvalue weighted by atomic mass is 35.5. The van der Waals surface area contributed by atoms with E-state index < -0.39 is 17.2 Å². The van der Waals surface area contributed by atoms with Crippen LogP contribution in [0.5, 0.6) is 0 Å². The second-order valence-electron chi connectivity index (χ2n) is 5.45. The fraction of sp³-hybridized carbons (Fsp3) is 0.0556. The first-order valence-corrected chi connectivity index (χ1v) is 9.74. The van der Waals surface area contributed by atoms with E-state index in [-0.39, 0.29) is 10.6 Å². The average molecular weight is 408 g/mol. The van der Waals surface area contributed by atoms with Crippen LogP contribution in [-0.2, 0) is 11.3 Å². The number of anilines is 2. The Morgan fingerprint density at radius 3 is 2.35 bits per heavy atom. The molecular weight excluding hydrogens is 394 g/mol. The molecule has 0 amide bonds. The summed E-state index contributed by atoms with van der Waals surface area (Å²) in [6, 6.07) is 15.6. The number of aryl methyl sites for hydroxylation is 1. The van der Waals surface area contributed by atoms with Gasteiger partial charge < -0.3 is 5.11 Å². The molecule has 0 aliphatic carbocycles. The number of hydrogen-bond acceptors (Lipinski definition) is 3. The Labute approximate surface area is 161 Å². The molecule has 0 saturated carbocycles. The molecule has 1 atom stereocenters. The first-order chi connectivity index (χ1) is 12.4. The molecule has 1 heterocycles. The van der Waals surface area contributed by atoms with Crippen LogP contribution >= 0.6 is 22.9 Å². The van der Waals surface area contributed by atoms with Crippen molar-refractivity contribution in [2.24, 2.45) is 0 Å². The first-order valence-electron chi connectivity index (χ1n) is 7.48. The Morgan fingerprint density at radius 1 is 1.12 bits per heavy atom. The molecule has 3 aromatic rings. The molecule has 134 valence electrons. The van der Waals surface area contributed by atoms with Gasteiger partial charge in [-0.2, -0.15) is 0 Å². The van der Waals surface area contributed by atoms with Crippen LogP contribution in [0.15, 0.2) is 54.6 Å². The molecule has 0 spiro atoms. The van der Waals surface area contributed by atoms with Gasteiger partial charge in [0.25, 0.3) is 11.3 Å². The van der Waals surface area contributed by atoms with Crippen molar-refractivity contribution in [1.29, 1.82) is 0 Å². The maximum atomic E-state index is 12.0. The number of halogens is 1. The Kier molecular flexibility index (Phi) is 5.43. The van der Waals surface area contributed by atoms with Crippen LogP contribution in [-0.4, -0.2) is 19.8 Å². The maximum absolute atomic E-state index is 12.0. The van der Waals surface area contributed by atoms with E-state index in [0.717, 1.165) is 26.8 Å². The van der Waals surface area contributed by atoms with Gasteiger partial charge in [-0.05, 0) is 42.3 Å². The van der Waals surface area contributed by atoms with Crippen LogP contribution in [0, 0.1) is 6.92 Å². The topological polar surface area (TPSA) is 77.8 Å². The number of para-hydroxylation sites is 1. The predicted octanol–water partition coefficient (Wildman–Crippen LogP) is 5.35. The Bertz CT molecular complexity index is 985. The van der Waals surface area contributed by atoms with Crippen LogP contribution in [0.25, 0.3) is 10.4 Å². The van der Waals surface area contributed by atoms with Crippen LogP contribution in [0.2, 0.25) is 5.02 Å². The van der Waals surface area contributed by atoms with E-state index in [4.69, 9.17) is 11.6 Å². The zero-order valence-corrected chi connectivity index (χ0v) is 15.9. The zero-order valence-electron chi connectivity index (χ0n) is 13.5. The number of rotatable bonds is 5. The average Bonchev–Trinajstić information content (AvgIpc) is 3.02. The van der Waals surface area contributed by atoms with Gasteiger partial charge >= 0.3 is 5.97 Å². The lowest BCUT2D eigenvalue weighted by Gasteiger charge is -2.21. The zero-order chi connectivity index (χ0) is 18.8. The Balaban J connectivity index is 2.18. The molecule has 5 nitrogen and oxygen atoms in total. The summed E-state index contributed by atoms with van der Waals surface area (Å²) in [5.74, 6) is -1.16. The molecule has 0 bridgehead atoms. The molecule has 3 rings (SSSR count). The molecule has 26 heavy (non-hydrogen) atoms. The number of aromatic carboxylic acids is 1. The summed E-state index contributed by atoms with van der Waals surface area (Å²) in [6.07, 6.45) is 0. The van der Waals surface area contributed by atoms with E-state index in [2.05, 4.69) is 0 Å². The van der Waals surface area contributed by atoms with Gasteiger partial charge in [-0.15, -0.1) is 11.3 Å². The summed E-state index contributed by atoms with van der Waals surface area (Å²) in [4.78, 5) is 12.4. The number of carbonyl (C=O) groups is 1. The molecule has 0 fully saturated rings. The molecular formula is C18H14ClNO4S2. The quantitative estimate of drug-likeness (QED) is 0.559. The number of nitrogens with zero attached hydrogens (tertiary/aromatic N) is 1. The third kappa shape index (κ3) is 3.66. The lowest BCUT2D eigenvalue weighted by atomic mass is 10.1. The van der Waals surface area contributed by atoms with Crippen molar-refractivity contribution >= 4 is 51.5 Å². The molecule has 1 unspecified atom stereocenters. The second-order valence-corrected chi connectivity index (χ2v) is 7.76. The van der Waals surface area contributed by atoms with Crippen LogP contribution in [0.4, 0.5) is 11.4 Å². The molecule has 8 heteroatoms. The highest BCUT2D eigenvalue weighted by Gasteiger charge is 2.26. The van der Waals surface area contributed by atoms with E-state index in [1.807, 2.05) is 6.07 Å². The fourth-order valence-electron chi connectivity index (χ4n) is 2.53. The van der Waals surface area contributed by atoms with Crippen molar-refractivity contribution in [3.63, 3.8) is 0 Å². The first kappa shape index (κ1) is 18.6. The van der Waals surface area contributed by atoms with Gasteiger partial charge in [0.1, 0.15) is 4.88 Å². The van der Waals surface area contributed by atoms with Crippen molar-refractivity contribution in [3.05, 3.63) is 70.1 Å². The number of benzene rings is 2. The normalized spacial score (nSPS) is 12.0. The Morgan fingerprint density at radius 2 is 1.77 bits per heavy atom.